The van der Waals surface area contributed by atoms with Gasteiger partial charge in [-0.25, -0.2) is 0 Å². The number of halogens is 3. The Morgan fingerprint density at radius 2 is 1.89 bits per heavy atom. The van der Waals surface area contributed by atoms with Crippen molar-refractivity contribution in [2.75, 3.05) is 5.32 Å². The Kier molecular flexibility index (Phi) is 5.46. The van der Waals surface area contributed by atoms with Crippen LogP contribution in [0.25, 0.3) is 0 Å². The maximum atomic E-state index is 12.8. The van der Waals surface area contributed by atoms with Crippen LogP contribution in [-0.4, -0.2) is 17.1 Å². The Morgan fingerprint density at radius 3 is 2.56 bits per heavy atom. The van der Waals surface area contributed by atoms with E-state index in [9.17, 15) is 22.8 Å². The van der Waals surface area contributed by atoms with E-state index in [2.05, 4.69) is 10.6 Å². The zero-order chi connectivity index (χ0) is 19.6. The highest BCUT2D eigenvalue weighted by molar-refractivity contribution is 8.01. The Bertz CT molecular complexity index is 866. The summed E-state index contributed by atoms with van der Waals surface area (Å²) in [6, 6.07) is 10.9. The summed E-state index contributed by atoms with van der Waals surface area (Å²) >= 11 is 1.10. The summed E-state index contributed by atoms with van der Waals surface area (Å²) in [6.45, 7) is 2.32. The van der Waals surface area contributed by atoms with Crippen molar-refractivity contribution in [3.05, 3.63) is 59.2 Å². The first-order chi connectivity index (χ1) is 12.7. The molecule has 2 N–H and O–H groups in total. The van der Waals surface area contributed by atoms with Crippen molar-refractivity contribution < 1.29 is 22.8 Å². The normalized spacial score (nSPS) is 16.4. The minimum absolute atomic E-state index is 0.0528. The zero-order valence-electron chi connectivity index (χ0n) is 14.4. The Morgan fingerprint density at radius 1 is 1.19 bits per heavy atom. The van der Waals surface area contributed by atoms with E-state index in [1.54, 1.807) is 0 Å². The third-order valence-corrected chi connectivity index (χ3v) is 5.38. The number of amides is 2. The lowest BCUT2D eigenvalue weighted by molar-refractivity contribution is -0.137. The Hall–Kier alpha value is -2.48. The first-order valence-corrected chi connectivity index (χ1v) is 9.11. The molecule has 0 unspecified atom stereocenters. The van der Waals surface area contributed by atoms with Crippen molar-refractivity contribution in [1.29, 1.82) is 0 Å². The van der Waals surface area contributed by atoms with Crippen LogP contribution in [0.1, 0.15) is 23.1 Å². The maximum Gasteiger partial charge on any atom is 0.416 e. The predicted octanol–water partition coefficient (Wildman–Crippen LogP) is 4.13. The lowest BCUT2D eigenvalue weighted by Crippen LogP contribution is -2.34. The fourth-order valence-electron chi connectivity index (χ4n) is 2.61. The molecule has 0 spiro atoms. The molecule has 2 amide bonds. The number of fused-ring (bicyclic) bond motifs is 1. The standard InChI is InChI=1S/C19H17F3N2O2S/c1-11-2-4-12(5-3-11)10-23-17(25)9-16-18(26)24-14-8-13(19(20,21)22)6-7-15(14)27-16/h2-8,16H,9-10H2,1H3,(H,23,25)(H,24,26)/t16-/m1/s1. The number of thioether (sulfide) groups is 1. The molecular formula is C19H17F3N2O2S. The van der Waals surface area contributed by atoms with E-state index in [-0.39, 0.29) is 18.0 Å². The summed E-state index contributed by atoms with van der Waals surface area (Å²) in [7, 11) is 0. The summed E-state index contributed by atoms with van der Waals surface area (Å²) < 4.78 is 38.3. The van der Waals surface area contributed by atoms with Gasteiger partial charge in [0.2, 0.25) is 11.8 Å². The summed E-state index contributed by atoms with van der Waals surface area (Å²) in [4.78, 5) is 24.8. The third-order valence-electron chi connectivity index (χ3n) is 4.11. The third kappa shape index (κ3) is 4.82. The zero-order valence-corrected chi connectivity index (χ0v) is 15.2. The van der Waals surface area contributed by atoms with Gasteiger partial charge in [0.1, 0.15) is 0 Å². The molecule has 0 saturated heterocycles. The molecule has 0 aliphatic carbocycles. The van der Waals surface area contributed by atoms with E-state index in [0.29, 0.717) is 11.4 Å². The molecule has 0 aromatic heterocycles. The van der Waals surface area contributed by atoms with E-state index < -0.39 is 22.9 Å². The number of carbonyl (C=O) groups is 2. The number of anilines is 1. The Balaban J connectivity index is 1.60. The smallest absolute Gasteiger partial charge is 0.352 e. The highest BCUT2D eigenvalue weighted by Gasteiger charge is 2.34. The van der Waals surface area contributed by atoms with Crippen molar-refractivity contribution in [3.63, 3.8) is 0 Å². The van der Waals surface area contributed by atoms with Gasteiger partial charge in [-0.15, -0.1) is 11.8 Å². The molecule has 0 fully saturated rings. The average molecular weight is 394 g/mol. The summed E-state index contributed by atoms with van der Waals surface area (Å²) in [6.07, 6.45) is -4.53. The molecule has 2 aromatic rings. The first kappa shape index (κ1) is 19.3. The van der Waals surface area contributed by atoms with Crippen molar-refractivity contribution in [2.24, 2.45) is 0 Å². The first-order valence-electron chi connectivity index (χ1n) is 8.23. The second-order valence-corrected chi connectivity index (χ2v) is 7.52. The average Bonchev–Trinajstić information content (AvgIpc) is 2.60. The molecule has 3 rings (SSSR count). The molecule has 0 saturated carbocycles. The van der Waals surface area contributed by atoms with Crippen LogP contribution in [-0.2, 0) is 22.3 Å². The molecule has 142 valence electrons. The van der Waals surface area contributed by atoms with Crippen LogP contribution in [0.2, 0.25) is 0 Å². The van der Waals surface area contributed by atoms with Gasteiger partial charge in [0.05, 0.1) is 16.5 Å². The highest BCUT2D eigenvalue weighted by atomic mass is 32.2. The molecular weight excluding hydrogens is 377 g/mol. The number of rotatable bonds is 4. The van der Waals surface area contributed by atoms with Crippen molar-refractivity contribution >= 4 is 29.3 Å². The van der Waals surface area contributed by atoms with Crippen LogP contribution in [0.15, 0.2) is 47.4 Å². The number of hydrogen-bond donors (Lipinski definition) is 2. The van der Waals surface area contributed by atoms with E-state index in [4.69, 9.17) is 0 Å². The molecule has 27 heavy (non-hydrogen) atoms. The number of hydrogen-bond acceptors (Lipinski definition) is 3. The van der Waals surface area contributed by atoms with E-state index in [0.717, 1.165) is 35.0 Å². The summed E-state index contributed by atoms with van der Waals surface area (Å²) in [5.74, 6) is -0.768. The largest absolute Gasteiger partial charge is 0.416 e. The topological polar surface area (TPSA) is 58.2 Å². The minimum Gasteiger partial charge on any atom is -0.352 e. The van der Waals surface area contributed by atoms with E-state index in [1.807, 2.05) is 31.2 Å². The van der Waals surface area contributed by atoms with E-state index >= 15 is 0 Å². The van der Waals surface area contributed by atoms with Crippen LogP contribution < -0.4 is 10.6 Å². The molecule has 0 bridgehead atoms. The SMILES string of the molecule is Cc1ccc(CNC(=O)C[C@H]2Sc3ccc(C(F)(F)F)cc3NC2=O)cc1. The number of alkyl halides is 3. The Labute approximate surface area is 158 Å². The second kappa shape index (κ2) is 7.64. The van der Waals surface area contributed by atoms with E-state index in [1.165, 1.54) is 6.07 Å². The molecule has 0 radical (unpaired) electrons. The second-order valence-electron chi connectivity index (χ2n) is 6.27. The van der Waals surface area contributed by atoms with Gasteiger partial charge < -0.3 is 10.6 Å². The van der Waals surface area contributed by atoms with Crippen molar-refractivity contribution in [2.45, 2.75) is 36.2 Å². The van der Waals surface area contributed by atoms with Gasteiger partial charge in [0.25, 0.3) is 0 Å². The van der Waals surface area contributed by atoms with Crippen LogP contribution >= 0.6 is 11.8 Å². The molecule has 1 atom stereocenters. The van der Waals surface area contributed by atoms with Crippen LogP contribution in [0.3, 0.4) is 0 Å². The molecule has 1 heterocycles. The monoisotopic (exact) mass is 394 g/mol. The van der Waals surface area contributed by atoms with Crippen molar-refractivity contribution in [3.8, 4) is 0 Å². The van der Waals surface area contributed by atoms with Gasteiger partial charge in [-0.05, 0) is 30.7 Å². The van der Waals surface area contributed by atoms with Crippen LogP contribution in [0.4, 0.5) is 18.9 Å². The molecule has 2 aromatic carbocycles. The van der Waals surface area contributed by atoms with Gasteiger partial charge in [0.15, 0.2) is 0 Å². The minimum atomic E-state index is -4.48. The molecule has 8 heteroatoms. The van der Waals surface area contributed by atoms with Gasteiger partial charge >= 0.3 is 6.18 Å². The fraction of sp³-hybridized carbons (Fsp3) is 0.263. The summed E-state index contributed by atoms with van der Waals surface area (Å²) in [5.41, 5.74) is 1.36. The predicted molar refractivity (Wildman–Crippen MR) is 97.4 cm³/mol. The quantitative estimate of drug-likeness (QED) is 0.820. The van der Waals surface area contributed by atoms with Gasteiger partial charge in [-0.1, -0.05) is 29.8 Å². The lowest BCUT2D eigenvalue weighted by Gasteiger charge is -2.24. The molecule has 1 aliphatic rings. The number of benzene rings is 2. The van der Waals surface area contributed by atoms with Gasteiger partial charge in [0, 0.05) is 17.9 Å². The van der Waals surface area contributed by atoms with Gasteiger partial charge in [-0.3, -0.25) is 9.59 Å². The molecule has 1 aliphatic heterocycles. The number of carbonyl (C=O) groups excluding carboxylic acids is 2. The number of nitrogens with one attached hydrogen (secondary N) is 2. The van der Waals surface area contributed by atoms with Crippen LogP contribution in [0.5, 0.6) is 0 Å². The maximum absolute atomic E-state index is 12.8. The lowest BCUT2D eigenvalue weighted by atomic mass is 10.1. The van der Waals surface area contributed by atoms with Gasteiger partial charge in [-0.2, -0.15) is 13.2 Å². The number of aryl methyl sites for hydroxylation is 1. The van der Waals surface area contributed by atoms with Crippen LogP contribution in [0, 0.1) is 6.92 Å². The highest BCUT2D eigenvalue weighted by Crippen LogP contribution is 2.40. The molecule has 4 nitrogen and oxygen atoms in total. The fourth-order valence-corrected chi connectivity index (χ4v) is 3.70. The van der Waals surface area contributed by atoms with Crippen molar-refractivity contribution in [1.82, 2.24) is 5.32 Å². The summed E-state index contributed by atoms with van der Waals surface area (Å²) in [5, 5.41) is 4.54.